The van der Waals surface area contributed by atoms with Crippen molar-refractivity contribution in [1.82, 2.24) is 14.7 Å². The van der Waals surface area contributed by atoms with Gasteiger partial charge in [-0.2, -0.15) is 5.10 Å². The quantitative estimate of drug-likeness (QED) is 0.908. The number of hydrogen-bond acceptors (Lipinski definition) is 3. The fraction of sp³-hybridized carbons (Fsp3) is 0.714. The molecule has 1 aromatic heterocycles. The lowest BCUT2D eigenvalue weighted by Crippen LogP contribution is -2.39. The van der Waals surface area contributed by atoms with Gasteiger partial charge >= 0.3 is 0 Å². The highest BCUT2D eigenvalue weighted by Gasteiger charge is 2.27. The number of hydrogen-bond donors (Lipinski definition) is 1. The molecule has 0 spiro atoms. The van der Waals surface area contributed by atoms with E-state index < -0.39 is 0 Å². The molecule has 2 N–H and O–H groups in total. The van der Waals surface area contributed by atoms with Crippen molar-refractivity contribution in [2.45, 2.75) is 46.6 Å². The number of aromatic nitrogens is 2. The van der Waals surface area contributed by atoms with Crippen molar-refractivity contribution in [3.05, 3.63) is 11.4 Å². The van der Waals surface area contributed by atoms with E-state index in [1.807, 2.05) is 18.7 Å². The third kappa shape index (κ3) is 2.60. The summed E-state index contributed by atoms with van der Waals surface area (Å²) in [4.78, 5) is 14.5. The predicted octanol–water partition coefficient (Wildman–Crippen LogP) is 2.06. The van der Waals surface area contributed by atoms with Crippen molar-refractivity contribution in [3.8, 4) is 0 Å². The number of nitrogens with zero attached hydrogens (tertiary/aromatic N) is 3. The van der Waals surface area contributed by atoms with Gasteiger partial charge in [0.05, 0.1) is 11.4 Å². The zero-order valence-electron chi connectivity index (χ0n) is 12.1. The summed E-state index contributed by atoms with van der Waals surface area (Å²) in [5, 5.41) is 4.32. The topological polar surface area (TPSA) is 64.2 Å². The Morgan fingerprint density at radius 3 is 2.53 bits per heavy atom. The van der Waals surface area contributed by atoms with Crippen LogP contribution in [0, 0.1) is 12.8 Å². The van der Waals surface area contributed by atoms with Gasteiger partial charge in [-0.05, 0) is 32.6 Å². The van der Waals surface area contributed by atoms with Crippen molar-refractivity contribution in [3.63, 3.8) is 0 Å². The maximum atomic E-state index is 12.6. The molecule has 5 nitrogen and oxygen atoms in total. The molecule has 19 heavy (non-hydrogen) atoms. The number of likely N-dealkylation sites (tertiary alicyclic amines) is 1. The fourth-order valence-corrected chi connectivity index (χ4v) is 2.74. The first-order valence-electron chi connectivity index (χ1n) is 7.20. The standard InChI is InChI=1S/C14H24N4O/c1-4-11-6-8-17(9-7-11)14(19)13-12(15)10(3)16-18(13)5-2/h11H,4-9,15H2,1-3H3. The first kappa shape index (κ1) is 13.9. The summed E-state index contributed by atoms with van der Waals surface area (Å²) in [6.07, 6.45) is 3.40. The molecule has 1 aromatic rings. The molecule has 0 atom stereocenters. The molecule has 0 aromatic carbocycles. The number of carbonyl (C=O) groups is 1. The van der Waals surface area contributed by atoms with E-state index in [0.717, 1.165) is 37.5 Å². The minimum atomic E-state index is 0.0366. The average Bonchev–Trinajstić information content (AvgIpc) is 2.73. The third-order valence-electron chi connectivity index (χ3n) is 4.15. The average molecular weight is 264 g/mol. The summed E-state index contributed by atoms with van der Waals surface area (Å²) >= 11 is 0. The van der Waals surface area contributed by atoms with E-state index in [1.54, 1.807) is 4.68 Å². The summed E-state index contributed by atoms with van der Waals surface area (Å²) in [7, 11) is 0. The van der Waals surface area contributed by atoms with Gasteiger partial charge in [-0.25, -0.2) is 0 Å². The number of anilines is 1. The lowest BCUT2D eigenvalue weighted by atomic mass is 9.94. The molecule has 1 aliphatic heterocycles. The van der Waals surface area contributed by atoms with E-state index >= 15 is 0 Å². The number of carbonyl (C=O) groups excluding carboxylic acids is 1. The highest BCUT2D eigenvalue weighted by atomic mass is 16.2. The lowest BCUT2D eigenvalue weighted by molar-refractivity contribution is 0.0677. The Morgan fingerprint density at radius 2 is 2.00 bits per heavy atom. The molecular formula is C14H24N4O. The molecule has 5 heteroatoms. The molecule has 2 heterocycles. The molecular weight excluding hydrogens is 240 g/mol. The van der Waals surface area contributed by atoms with Crippen LogP contribution >= 0.6 is 0 Å². The van der Waals surface area contributed by atoms with E-state index in [1.165, 1.54) is 6.42 Å². The molecule has 1 saturated heterocycles. The van der Waals surface area contributed by atoms with E-state index in [0.29, 0.717) is 17.9 Å². The number of amides is 1. The molecule has 0 aliphatic carbocycles. The van der Waals surface area contributed by atoms with E-state index in [4.69, 9.17) is 5.73 Å². The number of rotatable bonds is 3. The molecule has 1 fully saturated rings. The number of aryl methyl sites for hydroxylation is 2. The first-order chi connectivity index (χ1) is 9.08. The second-order valence-electron chi connectivity index (χ2n) is 5.31. The Hall–Kier alpha value is -1.52. The van der Waals surface area contributed by atoms with Gasteiger partial charge in [0, 0.05) is 19.6 Å². The van der Waals surface area contributed by atoms with Gasteiger partial charge in [0.1, 0.15) is 5.69 Å². The van der Waals surface area contributed by atoms with Crippen LogP contribution in [0.4, 0.5) is 5.69 Å². The van der Waals surface area contributed by atoms with Gasteiger partial charge < -0.3 is 10.6 Å². The van der Waals surface area contributed by atoms with Gasteiger partial charge in [0.25, 0.3) is 5.91 Å². The number of nitrogens with two attached hydrogens (primary N) is 1. The molecule has 0 radical (unpaired) electrons. The predicted molar refractivity (Wildman–Crippen MR) is 76.0 cm³/mol. The van der Waals surface area contributed by atoms with Gasteiger partial charge in [0.15, 0.2) is 0 Å². The molecule has 0 bridgehead atoms. The second kappa shape index (κ2) is 5.63. The van der Waals surface area contributed by atoms with Gasteiger partial charge in [-0.1, -0.05) is 13.3 Å². The third-order valence-corrected chi connectivity index (χ3v) is 4.15. The van der Waals surface area contributed by atoms with Crippen LogP contribution in [0.3, 0.4) is 0 Å². The van der Waals surface area contributed by atoms with Gasteiger partial charge in [-0.15, -0.1) is 0 Å². The summed E-state index contributed by atoms with van der Waals surface area (Å²) in [5.74, 6) is 0.800. The molecule has 0 saturated carbocycles. The Labute approximate surface area is 114 Å². The summed E-state index contributed by atoms with van der Waals surface area (Å²) in [6.45, 7) is 8.39. The second-order valence-corrected chi connectivity index (χ2v) is 5.31. The lowest BCUT2D eigenvalue weighted by Gasteiger charge is -2.31. The SMILES string of the molecule is CCC1CCN(C(=O)c2c(N)c(C)nn2CC)CC1. The monoisotopic (exact) mass is 264 g/mol. The molecule has 0 unspecified atom stereocenters. The molecule has 1 amide bonds. The van der Waals surface area contributed by atoms with Crippen molar-refractivity contribution in [2.75, 3.05) is 18.8 Å². The van der Waals surface area contributed by atoms with Crippen molar-refractivity contribution < 1.29 is 4.79 Å². The van der Waals surface area contributed by atoms with E-state index in [9.17, 15) is 4.79 Å². The van der Waals surface area contributed by atoms with Gasteiger partial charge in [0.2, 0.25) is 0 Å². The summed E-state index contributed by atoms with van der Waals surface area (Å²) < 4.78 is 1.72. The highest BCUT2D eigenvalue weighted by molar-refractivity contribution is 5.98. The highest BCUT2D eigenvalue weighted by Crippen LogP contribution is 2.24. The summed E-state index contributed by atoms with van der Waals surface area (Å²) in [6, 6.07) is 0. The zero-order chi connectivity index (χ0) is 14.0. The van der Waals surface area contributed by atoms with E-state index in [-0.39, 0.29) is 5.91 Å². The molecule has 2 rings (SSSR count). The smallest absolute Gasteiger partial charge is 0.274 e. The Balaban J connectivity index is 2.16. The maximum Gasteiger partial charge on any atom is 0.274 e. The molecule has 106 valence electrons. The normalized spacial score (nSPS) is 16.9. The van der Waals surface area contributed by atoms with Crippen molar-refractivity contribution >= 4 is 11.6 Å². The Bertz CT molecular complexity index is 458. The minimum Gasteiger partial charge on any atom is -0.395 e. The van der Waals surface area contributed by atoms with Crippen LogP contribution in [-0.2, 0) is 6.54 Å². The minimum absolute atomic E-state index is 0.0366. The largest absolute Gasteiger partial charge is 0.395 e. The van der Waals surface area contributed by atoms with Crippen LogP contribution < -0.4 is 5.73 Å². The fourth-order valence-electron chi connectivity index (χ4n) is 2.74. The van der Waals surface area contributed by atoms with Crippen LogP contribution in [0.25, 0.3) is 0 Å². The van der Waals surface area contributed by atoms with Crippen LogP contribution in [0.1, 0.15) is 49.3 Å². The van der Waals surface area contributed by atoms with Crippen molar-refractivity contribution in [2.24, 2.45) is 5.92 Å². The zero-order valence-corrected chi connectivity index (χ0v) is 12.1. The Morgan fingerprint density at radius 1 is 1.37 bits per heavy atom. The van der Waals surface area contributed by atoms with E-state index in [2.05, 4.69) is 12.0 Å². The van der Waals surface area contributed by atoms with Gasteiger partial charge in [-0.3, -0.25) is 9.48 Å². The maximum absolute atomic E-state index is 12.6. The number of nitrogen functional groups attached to an aromatic ring is 1. The first-order valence-corrected chi connectivity index (χ1v) is 7.20. The van der Waals surface area contributed by atoms with Crippen LogP contribution in [0.2, 0.25) is 0 Å². The van der Waals surface area contributed by atoms with Crippen LogP contribution in [-0.4, -0.2) is 33.7 Å². The number of piperidine rings is 1. The molecule has 1 aliphatic rings. The Kier molecular flexibility index (Phi) is 4.12. The van der Waals surface area contributed by atoms with Crippen LogP contribution in [0.15, 0.2) is 0 Å². The van der Waals surface area contributed by atoms with Crippen molar-refractivity contribution in [1.29, 1.82) is 0 Å². The summed E-state index contributed by atoms with van der Waals surface area (Å²) in [5.41, 5.74) is 7.85. The van der Waals surface area contributed by atoms with Crippen LogP contribution in [0.5, 0.6) is 0 Å².